The summed E-state index contributed by atoms with van der Waals surface area (Å²) in [6.45, 7) is 0.595. The molecule has 2 aliphatic rings. The maximum Gasteiger partial charge on any atom is 0.138 e. The molecule has 3 heteroatoms. The molecule has 2 rings (SSSR count). The van der Waals surface area contributed by atoms with E-state index < -0.39 is 0 Å². The lowest BCUT2D eigenvalue weighted by Gasteiger charge is -2.26. The number of methoxy groups -OCH3 is 1. The minimum absolute atomic E-state index is 0.351. The summed E-state index contributed by atoms with van der Waals surface area (Å²) >= 11 is 2.11. The molecule has 0 N–H and O–H groups in total. The highest BCUT2D eigenvalue weighted by molar-refractivity contribution is 8.00. The lowest BCUT2D eigenvalue weighted by molar-refractivity contribution is -0.124. The van der Waals surface area contributed by atoms with Crippen molar-refractivity contribution in [1.82, 2.24) is 0 Å². The van der Waals surface area contributed by atoms with Crippen LogP contribution in [0.3, 0.4) is 0 Å². The lowest BCUT2D eigenvalue weighted by atomic mass is 9.93. The molecule has 2 heterocycles. The molecular formula is C11H18O2S. The smallest absolute Gasteiger partial charge is 0.138 e. The molecule has 0 radical (unpaired) electrons. The Balaban J connectivity index is 1.83. The Morgan fingerprint density at radius 1 is 1.36 bits per heavy atom. The maximum absolute atomic E-state index is 11.8. The molecule has 0 aliphatic carbocycles. The molecule has 2 atom stereocenters. The fraction of sp³-hybridized carbons (Fsp3) is 0.909. The largest absolute Gasteiger partial charge is 0.384 e. The van der Waals surface area contributed by atoms with E-state index in [4.69, 9.17) is 4.74 Å². The van der Waals surface area contributed by atoms with E-state index in [1.54, 1.807) is 7.11 Å². The normalized spacial score (nSPS) is 35.9. The molecule has 2 saturated heterocycles. The summed E-state index contributed by atoms with van der Waals surface area (Å²) in [6, 6.07) is 0. The first kappa shape index (κ1) is 10.5. The Bertz CT molecular complexity index is 205. The van der Waals surface area contributed by atoms with Crippen LogP contribution in [0.15, 0.2) is 0 Å². The first-order chi connectivity index (χ1) is 6.79. The third kappa shape index (κ3) is 2.31. The Morgan fingerprint density at radius 2 is 2.00 bits per heavy atom. The van der Waals surface area contributed by atoms with Crippen molar-refractivity contribution < 1.29 is 9.53 Å². The van der Waals surface area contributed by atoms with E-state index in [1.807, 2.05) is 0 Å². The van der Waals surface area contributed by atoms with Crippen molar-refractivity contribution in [3.05, 3.63) is 0 Å². The average Bonchev–Trinajstić information content (AvgIpc) is 2.54. The molecule has 0 aromatic heterocycles. The number of hydrogen-bond donors (Lipinski definition) is 0. The SMILES string of the molecule is COCCC(=O)C1CC2CCC(C1)S2. The highest BCUT2D eigenvalue weighted by Crippen LogP contribution is 2.46. The highest BCUT2D eigenvalue weighted by Gasteiger charge is 2.37. The van der Waals surface area contributed by atoms with Gasteiger partial charge in [0.05, 0.1) is 6.61 Å². The highest BCUT2D eigenvalue weighted by atomic mass is 32.2. The minimum atomic E-state index is 0.351. The van der Waals surface area contributed by atoms with Gasteiger partial charge in [0.15, 0.2) is 0 Å². The summed E-state index contributed by atoms with van der Waals surface area (Å²) < 4.78 is 4.95. The number of thioether (sulfide) groups is 1. The van der Waals surface area contributed by atoms with E-state index in [9.17, 15) is 4.79 Å². The van der Waals surface area contributed by atoms with E-state index >= 15 is 0 Å². The third-order valence-corrected chi connectivity index (χ3v) is 4.92. The van der Waals surface area contributed by atoms with Crippen LogP contribution in [0.4, 0.5) is 0 Å². The number of hydrogen-bond acceptors (Lipinski definition) is 3. The van der Waals surface area contributed by atoms with Crippen LogP contribution in [0.1, 0.15) is 32.1 Å². The van der Waals surface area contributed by atoms with Gasteiger partial charge >= 0.3 is 0 Å². The zero-order chi connectivity index (χ0) is 9.97. The molecule has 2 nitrogen and oxygen atoms in total. The predicted octanol–water partition coefficient (Wildman–Crippen LogP) is 2.27. The number of fused-ring (bicyclic) bond motifs is 2. The first-order valence-corrected chi connectivity index (χ1v) is 6.41. The fourth-order valence-corrected chi connectivity index (χ4v) is 4.30. The van der Waals surface area contributed by atoms with Gasteiger partial charge in [0.2, 0.25) is 0 Å². The van der Waals surface area contributed by atoms with Gasteiger partial charge in [-0.3, -0.25) is 4.79 Å². The lowest BCUT2D eigenvalue weighted by Crippen LogP contribution is -2.25. The van der Waals surface area contributed by atoms with Crippen molar-refractivity contribution in [2.75, 3.05) is 13.7 Å². The monoisotopic (exact) mass is 214 g/mol. The van der Waals surface area contributed by atoms with Gasteiger partial charge in [0.25, 0.3) is 0 Å². The summed E-state index contributed by atoms with van der Waals surface area (Å²) in [6.07, 6.45) is 5.55. The predicted molar refractivity (Wildman–Crippen MR) is 58.6 cm³/mol. The summed E-state index contributed by atoms with van der Waals surface area (Å²) in [5.41, 5.74) is 0. The van der Waals surface area contributed by atoms with Crippen LogP contribution in [0.25, 0.3) is 0 Å². The number of rotatable bonds is 4. The standard InChI is InChI=1S/C11H18O2S/c1-13-5-4-11(12)8-6-9-2-3-10(7-8)14-9/h8-10H,2-7H2,1H3. The van der Waals surface area contributed by atoms with Gasteiger partial charge in [-0.25, -0.2) is 0 Å². The molecule has 0 saturated carbocycles. The van der Waals surface area contributed by atoms with Crippen molar-refractivity contribution in [3.63, 3.8) is 0 Å². The third-order valence-electron chi connectivity index (χ3n) is 3.30. The van der Waals surface area contributed by atoms with Crippen molar-refractivity contribution >= 4 is 17.5 Å². The molecule has 2 unspecified atom stereocenters. The van der Waals surface area contributed by atoms with Crippen LogP contribution in [-0.4, -0.2) is 30.0 Å². The van der Waals surface area contributed by atoms with Crippen molar-refractivity contribution in [3.8, 4) is 0 Å². The van der Waals surface area contributed by atoms with Gasteiger partial charge in [0, 0.05) is 29.9 Å². The van der Waals surface area contributed by atoms with Crippen LogP contribution in [0.2, 0.25) is 0 Å². The van der Waals surface area contributed by atoms with Crippen LogP contribution >= 0.6 is 11.8 Å². The second-order valence-electron chi connectivity index (χ2n) is 4.33. The maximum atomic E-state index is 11.8. The van der Waals surface area contributed by atoms with E-state index in [1.165, 1.54) is 12.8 Å². The van der Waals surface area contributed by atoms with E-state index in [0.717, 1.165) is 23.3 Å². The molecule has 0 spiro atoms. The van der Waals surface area contributed by atoms with Gasteiger partial charge in [-0.15, -0.1) is 0 Å². The van der Waals surface area contributed by atoms with Gasteiger partial charge in [-0.2, -0.15) is 11.8 Å². The quantitative estimate of drug-likeness (QED) is 0.718. The first-order valence-electron chi connectivity index (χ1n) is 5.46. The molecule has 2 bridgehead atoms. The number of carbonyl (C=O) groups is 1. The van der Waals surface area contributed by atoms with Gasteiger partial charge < -0.3 is 4.74 Å². The molecule has 2 aliphatic heterocycles. The number of Topliss-reactive ketones (excluding diaryl/α,β-unsaturated/α-hetero) is 1. The van der Waals surface area contributed by atoms with Crippen molar-refractivity contribution in [2.45, 2.75) is 42.6 Å². The Labute approximate surface area is 89.8 Å². The fourth-order valence-electron chi connectivity index (χ4n) is 2.53. The van der Waals surface area contributed by atoms with Gasteiger partial charge in [-0.1, -0.05) is 0 Å². The van der Waals surface area contributed by atoms with Crippen LogP contribution in [0.5, 0.6) is 0 Å². The molecule has 0 aromatic carbocycles. The zero-order valence-electron chi connectivity index (χ0n) is 8.70. The summed E-state index contributed by atoms with van der Waals surface area (Å²) in [5.74, 6) is 0.785. The summed E-state index contributed by atoms with van der Waals surface area (Å²) in [5, 5.41) is 1.57. The second-order valence-corrected chi connectivity index (χ2v) is 5.94. The van der Waals surface area contributed by atoms with Crippen molar-refractivity contribution in [1.29, 1.82) is 0 Å². The average molecular weight is 214 g/mol. The Morgan fingerprint density at radius 3 is 2.57 bits per heavy atom. The van der Waals surface area contributed by atoms with Crippen LogP contribution < -0.4 is 0 Å². The molecule has 2 fully saturated rings. The minimum Gasteiger partial charge on any atom is -0.384 e. The molecule has 0 aromatic rings. The second kappa shape index (κ2) is 4.67. The van der Waals surface area contributed by atoms with Gasteiger partial charge in [-0.05, 0) is 25.7 Å². The Kier molecular flexibility index (Phi) is 3.50. The number of ketones is 1. The number of carbonyl (C=O) groups excluding carboxylic acids is 1. The van der Waals surface area contributed by atoms with Crippen LogP contribution in [0, 0.1) is 5.92 Å². The van der Waals surface area contributed by atoms with E-state index in [2.05, 4.69) is 11.8 Å². The Hall–Kier alpha value is -0.0200. The molecule has 14 heavy (non-hydrogen) atoms. The summed E-state index contributed by atoms with van der Waals surface area (Å²) in [4.78, 5) is 11.8. The van der Waals surface area contributed by atoms with Gasteiger partial charge in [0.1, 0.15) is 5.78 Å². The summed E-state index contributed by atoms with van der Waals surface area (Å²) in [7, 11) is 1.66. The van der Waals surface area contributed by atoms with E-state index in [-0.39, 0.29) is 0 Å². The zero-order valence-corrected chi connectivity index (χ0v) is 9.52. The molecule has 80 valence electrons. The number of ether oxygens (including phenoxy) is 1. The molecular weight excluding hydrogens is 196 g/mol. The molecule has 0 amide bonds. The topological polar surface area (TPSA) is 26.3 Å². The van der Waals surface area contributed by atoms with E-state index in [0.29, 0.717) is 24.7 Å². The van der Waals surface area contributed by atoms with Crippen molar-refractivity contribution in [2.24, 2.45) is 5.92 Å². The van der Waals surface area contributed by atoms with Crippen LogP contribution in [-0.2, 0) is 9.53 Å².